The number of allylic oxidation sites excluding steroid dienone is 3. The minimum absolute atomic E-state index is 0. The fourth-order valence-electron chi connectivity index (χ4n) is 1.49. The maximum Gasteiger partial charge on any atom is 0.220 e. The number of aromatic hydroxyl groups is 1. The first-order chi connectivity index (χ1) is 9.01. The Bertz CT molecular complexity index is 615. The molecule has 1 aliphatic carbocycles. The van der Waals surface area contributed by atoms with Crippen molar-refractivity contribution in [2.75, 3.05) is 7.11 Å². The van der Waals surface area contributed by atoms with Crippen LogP contribution >= 0.6 is 31.9 Å². The van der Waals surface area contributed by atoms with E-state index in [1.54, 1.807) is 24.3 Å². The first-order valence-electron chi connectivity index (χ1n) is 5.26. The number of hydrogen-bond donors (Lipinski definition) is 1. The molecule has 1 N–H and O–H groups in total. The molecule has 2 rings (SSSR count). The number of carbonyl (C=O) groups excluding carboxylic acids is 1. The van der Waals surface area contributed by atoms with E-state index in [9.17, 15) is 9.90 Å². The molecule has 0 saturated heterocycles. The third-order valence-electron chi connectivity index (χ3n) is 2.41. The van der Waals surface area contributed by atoms with E-state index in [1.807, 2.05) is 0 Å². The van der Waals surface area contributed by atoms with Crippen molar-refractivity contribution in [3.8, 4) is 5.75 Å². The summed E-state index contributed by atoms with van der Waals surface area (Å²) in [5, 5.41) is 9.62. The number of phenols is 1. The van der Waals surface area contributed by atoms with Crippen LogP contribution in [0.1, 0.15) is 0 Å². The van der Waals surface area contributed by atoms with Crippen molar-refractivity contribution in [3.63, 3.8) is 0 Å². The molecule has 99 valence electrons. The number of aliphatic imine (C=N–C) groups is 1. The zero-order valence-electron chi connectivity index (χ0n) is 10.9. The molecule has 0 atom stereocenters. The largest absolute Gasteiger partial charge is 0.506 e. The molecule has 0 saturated carbocycles. The van der Waals surface area contributed by atoms with E-state index in [1.165, 1.54) is 13.2 Å². The van der Waals surface area contributed by atoms with Crippen molar-refractivity contribution in [3.05, 3.63) is 45.1 Å². The van der Waals surface area contributed by atoms with Gasteiger partial charge in [0.2, 0.25) is 5.78 Å². The van der Waals surface area contributed by atoms with Gasteiger partial charge in [0, 0.05) is 35.6 Å². The standard InChI is InChI=1S/C13H9Br2NO3.Na/c1-19-12-6-7(2-3-11(12)17)16-8-4-9(14)13(18)10(15)5-8;/h2-6,18H,1H3;. The van der Waals surface area contributed by atoms with Crippen molar-refractivity contribution in [1.82, 2.24) is 0 Å². The van der Waals surface area contributed by atoms with Gasteiger partial charge in [-0.3, -0.25) is 4.79 Å². The summed E-state index contributed by atoms with van der Waals surface area (Å²) >= 11 is 6.47. The minimum atomic E-state index is -0.186. The number of ketones is 1. The average Bonchev–Trinajstić information content (AvgIpc) is 2.38. The molecule has 4 nitrogen and oxygen atoms in total. The van der Waals surface area contributed by atoms with E-state index in [2.05, 4.69) is 36.9 Å². The summed E-state index contributed by atoms with van der Waals surface area (Å²) in [4.78, 5) is 15.8. The fraction of sp³-hybridized carbons (Fsp3) is 0.0769. The normalized spacial score (nSPS) is 15.8. The summed E-state index contributed by atoms with van der Waals surface area (Å²) in [7, 11) is 1.44. The van der Waals surface area contributed by atoms with Crippen LogP contribution in [0.5, 0.6) is 5.75 Å². The van der Waals surface area contributed by atoms with E-state index in [0.717, 1.165) is 0 Å². The molecular weight excluding hydrogens is 401 g/mol. The fourth-order valence-corrected chi connectivity index (χ4v) is 2.65. The number of rotatable bonds is 2. The van der Waals surface area contributed by atoms with Crippen molar-refractivity contribution in [1.29, 1.82) is 0 Å². The third kappa shape index (κ3) is 4.05. The van der Waals surface area contributed by atoms with Crippen molar-refractivity contribution < 1.29 is 14.6 Å². The molecule has 7 heteroatoms. The SMILES string of the molecule is COC1=CC(=Nc2cc(Br)c(O)c(Br)c2)C=CC1=O.[Na]. The monoisotopic (exact) mass is 408 g/mol. The maximum absolute atomic E-state index is 11.4. The summed E-state index contributed by atoms with van der Waals surface area (Å²) in [6.45, 7) is 0. The van der Waals surface area contributed by atoms with Crippen LogP contribution in [0.4, 0.5) is 5.69 Å². The molecular formula is C13H9Br2NNaO3. The van der Waals surface area contributed by atoms with Crippen LogP contribution in [0, 0.1) is 0 Å². The van der Waals surface area contributed by atoms with Crippen molar-refractivity contribution in [2.45, 2.75) is 0 Å². The smallest absolute Gasteiger partial charge is 0.220 e. The number of hydrogen-bond acceptors (Lipinski definition) is 4. The maximum atomic E-state index is 11.4. The molecule has 1 aliphatic rings. The zero-order chi connectivity index (χ0) is 14.0. The van der Waals surface area contributed by atoms with Gasteiger partial charge in [-0.2, -0.15) is 0 Å². The molecule has 1 radical (unpaired) electrons. The first-order valence-corrected chi connectivity index (χ1v) is 6.84. The molecule has 0 heterocycles. The van der Waals surface area contributed by atoms with Crippen molar-refractivity contribution >= 4 is 78.6 Å². The van der Waals surface area contributed by atoms with Gasteiger partial charge in [-0.25, -0.2) is 4.99 Å². The average molecular weight is 410 g/mol. The van der Waals surface area contributed by atoms with Crippen LogP contribution in [0.3, 0.4) is 0 Å². The number of nitrogens with zero attached hydrogens (tertiary/aromatic N) is 1. The van der Waals surface area contributed by atoms with Gasteiger partial charge in [0.1, 0.15) is 5.75 Å². The first kappa shape index (κ1) is 17.7. The summed E-state index contributed by atoms with van der Waals surface area (Å²) < 4.78 is 6.03. The van der Waals surface area contributed by atoms with Gasteiger partial charge in [-0.15, -0.1) is 0 Å². The zero-order valence-corrected chi connectivity index (χ0v) is 16.0. The Morgan fingerprint density at radius 3 is 2.35 bits per heavy atom. The molecule has 0 aromatic heterocycles. The van der Waals surface area contributed by atoms with Gasteiger partial charge >= 0.3 is 0 Å². The number of ether oxygens (including phenoxy) is 1. The Morgan fingerprint density at radius 1 is 1.20 bits per heavy atom. The predicted molar refractivity (Wildman–Crippen MR) is 85.6 cm³/mol. The Labute approximate surface area is 155 Å². The molecule has 0 fully saturated rings. The summed E-state index contributed by atoms with van der Waals surface area (Å²) in [5.74, 6) is 0.180. The second-order valence-electron chi connectivity index (χ2n) is 3.70. The van der Waals surface area contributed by atoms with Crippen molar-refractivity contribution in [2.24, 2.45) is 4.99 Å². The second kappa shape index (κ2) is 7.56. The molecule has 20 heavy (non-hydrogen) atoms. The van der Waals surface area contributed by atoms with Gasteiger partial charge < -0.3 is 9.84 Å². The number of halogens is 2. The Hall–Kier alpha value is -0.400. The van der Waals surface area contributed by atoms with Gasteiger partial charge in [-0.05, 0) is 56.1 Å². The van der Waals surface area contributed by atoms with Crippen LogP contribution in [-0.4, -0.2) is 53.3 Å². The molecule has 1 aromatic carbocycles. The Morgan fingerprint density at radius 2 is 1.80 bits per heavy atom. The number of methoxy groups -OCH3 is 1. The van der Waals surface area contributed by atoms with Crippen LogP contribution in [-0.2, 0) is 9.53 Å². The number of phenolic OH excluding ortho intramolecular Hbond substituents is 1. The molecule has 0 unspecified atom stereocenters. The molecule has 0 aliphatic heterocycles. The third-order valence-corrected chi connectivity index (χ3v) is 3.62. The Kier molecular flexibility index (Phi) is 6.68. The molecule has 0 spiro atoms. The van der Waals surface area contributed by atoms with Gasteiger partial charge in [0.25, 0.3) is 0 Å². The summed E-state index contributed by atoms with van der Waals surface area (Å²) in [6, 6.07) is 3.36. The summed E-state index contributed by atoms with van der Waals surface area (Å²) in [6.07, 6.45) is 4.58. The quantitative estimate of drug-likeness (QED) is 0.602. The molecule has 1 aromatic rings. The van der Waals surface area contributed by atoms with E-state index in [0.29, 0.717) is 20.3 Å². The topological polar surface area (TPSA) is 58.9 Å². The van der Waals surface area contributed by atoms with E-state index in [4.69, 9.17) is 4.74 Å². The summed E-state index contributed by atoms with van der Waals surface area (Å²) in [5.41, 5.74) is 1.23. The second-order valence-corrected chi connectivity index (χ2v) is 5.41. The van der Waals surface area contributed by atoms with E-state index >= 15 is 0 Å². The Balaban J connectivity index is 0.00000200. The van der Waals surface area contributed by atoms with E-state index in [-0.39, 0.29) is 46.8 Å². The van der Waals surface area contributed by atoms with Crippen LogP contribution in [0.15, 0.2) is 50.1 Å². The predicted octanol–water partition coefficient (Wildman–Crippen LogP) is 3.28. The number of benzene rings is 1. The van der Waals surface area contributed by atoms with Crippen LogP contribution in [0.2, 0.25) is 0 Å². The van der Waals surface area contributed by atoms with Crippen LogP contribution < -0.4 is 0 Å². The molecule has 0 amide bonds. The number of carbonyl (C=O) groups is 1. The van der Waals surface area contributed by atoms with Gasteiger partial charge in [0.15, 0.2) is 5.76 Å². The van der Waals surface area contributed by atoms with Gasteiger partial charge in [-0.1, -0.05) is 0 Å². The van der Waals surface area contributed by atoms with E-state index < -0.39 is 0 Å². The van der Waals surface area contributed by atoms with Crippen LogP contribution in [0.25, 0.3) is 0 Å². The van der Waals surface area contributed by atoms with Gasteiger partial charge in [0.05, 0.1) is 27.5 Å². The minimum Gasteiger partial charge on any atom is -0.506 e. The molecule has 0 bridgehead atoms.